The second kappa shape index (κ2) is 10.7. The van der Waals surface area contributed by atoms with Crippen molar-refractivity contribution in [3.05, 3.63) is 54.0 Å². The smallest absolute Gasteiger partial charge is 0.291 e. The number of nitrogens with zero attached hydrogens (tertiary/aromatic N) is 2. The number of pyridine rings is 1. The molecule has 0 aliphatic carbocycles. The first-order chi connectivity index (χ1) is 17.1. The number of hydrogen-bond donors (Lipinski definition) is 4. The van der Waals surface area contributed by atoms with Gasteiger partial charge in [0.25, 0.3) is 5.91 Å². The minimum atomic E-state index is -0.270. The number of amides is 1. The molecule has 3 aromatic rings. The summed E-state index contributed by atoms with van der Waals surface area (Å²) in [5.41, 5.74) is 4.70. The number of fused-ring (bicyclic) bond motifs is 1. The van der Waals surface area contributed by atoms with Gasteiger partial charge in [-0.25, -0.2) is 0 Å². The molecule has 0 radical (unpaired) electrons. The Morgan fingerprint density at radius 3 is 2.89 bits per heavy atom. The van der Waals surface area contributed by atoms with Gasteiger partial charge in [-0.3, -0.25) is 15.1 Å². The lowest BCUT2D eigenvalue weighted by molar-refractivity contribution is 0.0997. The van der Waals surface area contributed by atoms with Crippen LogP contribution in [0.5, 0.6) is 0 Å². The lowest BCUT2D eigenvalue weighted by Gasteiger charge is -2.31. The minimum Gasteiger partial charge on any atom is -0.451 e. The van der Waals surface area contributed by atoms with Gasteiger partial charge >= 0.3 is 0 Å². The van der Waals surface area contributed by atoms with Crippen molar-refractivity contribution in [2.24, 2.45) is 0 Å². The average Bonchev–Trinajstić information content (AvgIpc) is 3.51. The molecule has 9 heteroatoms. The molecule has 2 aliphatic heterocycles. The Kier molecular flexibility index (Phi) is 7.26. The molecule has 8 nitrogen and oxygen atoms in total. The maximum absolute atomic E-state index is 13.2. The molecule has 4 N–H and O–H groups in total. The number of hydrogen-bond acceptors (Lipinski definition) is 8. The van der Waals surface area contributed by atoms with Crippen LogP contribution in [0.4, 0.5) is 17.1 Å². The highest BCUT2D eigenvalue weighted by molar-refractivity contribution is 8.00. The van der Waals surface area contributed by atoms with E-state index in [4.69, 9.17) is 9.52 Å². The zero-order valence-corrected chi connectivity index (χ0v) is 20.7. The van der Waals surface area contributed by atoms with Crippen LogP contribution in [-0.2, 0) is 0 Å². The van der Waals surface area contributed by atoms with Gasteiger partial charge in [0, 0.05) is 42.0 Å². The van der Waals surface area contributed by atoms with Crippen molar-refractivity contribution in [3.8, 4) is 11.3 Å². The summed E-state index contributed by atoms with van der Waals surface area (Å²) in [5.74, 6) is 0.644. The number of furan rings is 1. The predicted molar refractivity (Wildman–Crippen MR) is 140 cm³/mol. The van der Waals surface area contributed by atoms with Gasteiger partial charge in [0.05, 0.1) is 17.1 Å². The number of anilines is 3. The molecule has 35 heavy (non-hydrogen) atoms. The molecule has 184 valence electrons. The molecular formula is C26H31N5O3S. The van der Waals surface area contributed by atoms with Crippen molar-refractivity contribution in [1.82, 2.24) is 10.3 Å². The summed E-state index contributed by atoms with van der Waals surface area (Å²) < 4.78 is 5.91. The number of rotatable bonds is 8. The van der Waals surface area contributed by atoms with Crippen LogP contribution in [0.1, 0.15) is 41.9 Å². The Morgan fingerprint density at radius 1 is 1.23 bits per heavy atom. The van der Waals surface area contributed by atoms with Crippen LogP contribution in [0.3, 0.4) is 0 Å². The summed E-state index contributed by atoms with van der Waals surface area (Å²) >= 11 is 1.68. The minimum absolute atomic E-state index is 0.0353. The van der Waals surface area contributed by atoms with Crippen molar-refractivity contribution in [2.45, 2.75) is 43.0 Å². The maximum Gasteiger partial charge on any atom is 0.291 e. The van der Waals surface area contributed by atoms with Gasteiger partial charge in [-0.2, -0.15) is 0 Å². The summed E-state index contributed by atoms with van der Waals surface area (Å²) in [4.78, 5) is 20.9. The summed E-state index contributed by atoms with van der Waals surface area (Å²) in [5, 5.41) is 19.1. The number of piperidine rings is 1. The van der Waals surface area contributed by atoms with Gasteiger partial charge in [-0.1, -0.05) is 11.8 Å². The molecule has 2 aromatic heterocycles. The molecule has 1 saturated heterocycles. The molecule has 0 saturated carbocycles. The third-order valence-electron chi connectivity index (χ3n) is 6.25. The highest BCUT2D eigenvalue weighted by Gasteiger charge is 2.26. The summed E-state index contributed by atoms with van der Waals surface area (Å²) in [6, 6.07) is 11.5. The zero-order chi connectivity index (χ0) is 24.2. The van der Waals surface area contributed by atoms with E-state index in [1.54, 1.807) is 24.0 Å². The van der Waals surface area contributed by atoms with Crippen molar-refractivity contribution >= 4 is 34.7 Å². The summed E-state index contributed by atoms with van der Waals surface area (Å²) in [6.07, 6.45) is 5.97. The Morgan fingerprint density at radius 2 is 2.09 bits per heavy atom. The van der Waals surface area contributed by atoms with E-state index in [1.165, 1.54) is 6.42 Å². The van der Waals surface area contributed by atoms with Gasteiger partial charge in [0.15, 0.2) is 5.76 Å². The molecule has 2 aliphatic rings. The molecule has 0 bridgehead atoms. The van der Waals surface area contributed by atoms with Gasteiger partial charge in [0.2, 0.25) is 0 Å². The second-order valence-corrected chi connectivity index (χ2v) is 10.0. The van der Waals surface area contributed by atoms with Crippen LogP contribution in [-0.4, -0.2) is 47.7 Å². The fourth-order valence-electron chi connectivity index (χ4n) is 4.48. The number of aromatic nitrogens is 1. The largest absolute Gasteiger partial charge is 0.451 e. The SMILES string of the molecule is Cc1cc(-c2ccc(C(=O)Nc3cc4c(cc3N3CCCCC3)NC(NCCCO)S4)o2)ccn1. The highest BCUT2D eigenvalue weighted by Crippen LogP contribution is 2.44. The van der Waals surface area contributed by atoms with E-state index in [-0.39, 0.29) is 23.8 Å². The summed E-state index contributed by atoms with van der Waals surface area (Å²) in [7, 11) is 0. The number of nitrogens with one attached hydrogen (secondary N) is 3. The van der Waals surface area contributed by atoms with Crippen LogP contribution in [0.15, 0.2) is 51.9 Å². The first-order valence-corrected chi connectivity index (χ1v) is 13.0. The Labute approximate surface area is 209 Å². The predicted octanol–water partition coefficient (Wildman–Crippen LogP) is 4.67. The molecule has 1 amide bonds. The standard InChI is InChI=1S/C26H31N5O3S/c1-17-14-18(8-10-27-17)22-6-7-23(34-22)25(33)29-19-16-24-20(30-26(35-24)28-9-5-13-32)15-21(19)31-11-3-2-4-12-31/h6-8,10,14-16,26,28,30,32H,2-5,9,11-13H2,1H3,(H,29,33). The van der Waals surface area contributed by atoms with E-state index in [0.29, 0.717) is 12.2 Å². The zero-order valence-electron chi connectivity index (χ0n) is 19.8. The van der Waals surface area contributed by atoms with Crippen molar-refractivity contribution in [3.63, 3.8) is 0 Å². The fraction of sp³-hybridized carbons (Fsp3) is 0.385. The molecule has 5 rings (SSSR count). The van der Waals surface area contributed by atoms with Gasteiger partial charge < -0.3 is 25.1 Å². The molecular weight excluding hydrogens is 462 g/mol. The molecule has 1 atom stereocenters. The van der Waals surface area contributed by atoms with E-state index in [1.807, 2.05) is 25.1 Å². The maximum atomic E-state index is 13.2. The number of carbonyl (C=O) groups excluding carboxylic acids is 1. The molecule has 0 spiro atoms. The van der Waals surface area contributed by atoms with E-state index in [2.05, 4.69) is 38.0 Å². The highest BCUT2D eigenvalue weighted by atomic mass is 32.2. The molecule has 4 heterocycles. The van der Waals surface area contributed by atoms with Gasteiger partial charge in [0.1, 0.15) is 11.3 Å². The van der Waals surface area contributed by atoms with Crippen LogP contribution in [0.2, 0.25) is 0 Å². The van der Waals surface area contributed by atoms with E-state index in [0.717, 1.165) is 65.7 Å². The Bertz CT molecular complexity index is 1190. The Hall–Kier alpha value is -3.01. The number of aliphatic hydroxyl groups excluding tert-OH is 1. The van der Waals surface area contributed by atoms with E-state index in [9.17, 15) is 4.79 Å². The third-order valence-corrected chi connectivity index (χ3v) is 7.36. The van der Waals surface area contributed by atoms with Crippen molar-refractivity contribution in [1.29, 1.82) is 0 Å². The fourth-order valence-corrected chi connectivity index (χ4v) is 5.55. The second-order valence-electron chi connectivity index (χ2n) is 8.89. The normalized spacial score (nSPS) is 17.2. The molecule has 1 fully saturated rings. The monoisotopic (exact) mass is 493 g/mol. The average molecular weight is 494 g/mol. The third kappa shape index (κ3) is 5.47. The quantitative estimate of drug-likeness (QED) is 0.336. The van der Waals surface area contributed by atoms with Crippen LogP contribution >= 0.6 is 11.8 Å². The van der Waals surface area contributed by atoms with Crippen LogP contribution < -0.4 is 20.9 Å². The topological polar surface area (TPSA) is 103 Å². The number of thioether (sulfide) groups is 1. The number of carbonyl (C=O) groups is 1. The first-order valence-electron chi connectivity index (χ1n) is 12.2. The van der Waals surface area contributed by atoms with Gasteiger partial charge in [-0.05, 0) is 75.5 Å². The van der Waals surface area contributed by atoms with E-state index >= 15 is 0 Å². The van der Waals surface area contributed by atoms with Crippen LogP contribution in [0.25, 0.3) is 11.3 Å². The number of aryl methyl sites for hydroxylation is 1. The first kappa shape index (κ1) is 23.7. The molecule has 1 aromatic carbocycles. The number of aliphatic hydroxyl groups is 1. The lowest BCUT2D eigenvalue weighted by Crippen LogP contribution is -2.32. The summed E-state index contributed by atoms with van der Waals surface area (Å²) in [6.45, 7) is 4.77. The lowest BCUT2D eigenvalue weighted by atomic mass is 10.1. The van der Waals surface area contributed by atoms with Crippen LogP contribution in [0, 0.1) is 6.92 Å². The Balaban J connectivity index is 1.37. The van der Waals surface area contributed by atoms with Crippen molar-refractivity contribution in [2.75, 3.05) is 41.8 Å². The number of benzene rings is 1. The molecule has 1 unspecified atom stereocenters. The van der Waals surface area contributed by atoms with E-state index < -0.39 is 0 Å². The van der Waals surface area contributed by atoms with Crippen molar-refractivity contribution < 1.29 is 14.3 Å². The van der Waals surface area contributed by atoms with Gasteiger partial charge in [-0.15, -0.1) is 0 Å².